The normalized spacial score (nSPS) is 10.4. The number of aryl methyl sites for hydroxylation is 1. The number of anilines is 2. The van der Waals surface area contributed by atoms with E-state index in [0.29, 0.717) is 15.7 Å². The van der Waals surface area contributed by atoms with Gasteiger partial charge < -0.3 is 10.4 Å². The van der Waals surface area contributed by atoms with Gasteiger partial charge in [-0.2, -0.15) is 0 Å². The Kier molecular flexibility index (Phi) is 3.49. The third kappa shape index (κ3) is 2.77. The van der Waals surface area contributed by atoms with Crippen molar-refractivity contribution >= 4 is 39.6 Å². The molecule has 0 amide bonds. The molecule has 2 aromatic rings. The maximum atomic E-state index is 13.1. The van der Waals surface area contributed by atoms with Crippen molar-refractivity contribution in [3.05, 3.63) is 39.7 Å². The van der Waals surface area contributed by atoms with Crippen LogP contribution in [0.2, 0.25) is 5.02 Å². The maximum absolute atomic E-state index is 13.1. The Morgan fingerprint density at radius 2 is 2.22 bits per heavy atom. The monoisotopic (exact) mass is 286 g/mol. The average molecular weight is 287 g/mol. The summed E-state index contributed by atoms with van der Waals surface area (Å²) in [4.78, 5) is 14.8. The molecule has 0 spiro atoms. The van der Waals surface area contributed by atoms with Crippen LogP contribution in [0.1, 0.15) is 15.5 Å². The van der Waals surface area contributed by atoms with E-state index >= 15 is 0 Å². The van der Waals surface area contributed by atoms with Crippen LogP contribution in [-0.2, 0) is 0 Å². The molecule has 18 heavy (non-hydrogen) atoms. The van der Waals surface area contributed by atoms with E-state index in [2.05, 4.69) is 10.3 Å². The van der Waals surface area contributed by atoms with E-state index in [9.17, 15) is 9.18 Å². The van der Waals surface area contributed by atoms with Gasteiger partial charge in [-0.1, -0.05) is 11.6 Å². The molecule has 1 heterocycles. The summed E-state index contributed by atoms with van der Waals surface area (Å²) in [5.41, 5.74) is 0.295. The summed E-state index contributed by atoms with van der Waals surface area (Å²) in [6.07, 6.45) is 0. The van der Waals surface area contributed by atoms with E-state index in [4.69, 9.17) is 16.7 Å². The highest BCUT2D eigenvalue weighted by atomic mass is 35.5. The van der Waals surface area contributed by atoms with E-state index in [1.54, 1.807) is 6.92 Å². The second-order valence-electron chi connectivity index (χ2n) is 3.50. The zero-order valence-electron chi connectivity index (χ0n) is 9.20. The number of nitrogens with one attached hydrogen (secondary N) is 1. The Balaban J connectivity index is 2.36. The first kappa shape index (κ1) is 12.8. The first-order valence-electron chi connectivity index (χ1n) is 4.89. The highest BCUT2D eigenvalue weighted by Gasteiger charge is 2.16. The quantitative estimate of drug-likeness (QED) is 0.903. The van der Waals surface area contributed by atoms with Gasteiger partial charge in [-0.15, -0.1) is 11.3 Å². The van der Waals surface area contributed by atoms with E-state index in [1.807, 2.05) is 0 Å². The third-order valence-corrected chi connectivity index (χ3v) is 3.16. The van der Waals surface area contributed by atoms with E-state index in [0.717, 1.165) is 0 Å². The largest absolute Gasteiger partial charge is 0.476 e. The maximum Gasteiger partial charge on any atom is 0.357 e. The van der Waals surface area contributed by atoms with Crippen molar-refractivity contribution in [2.45, 2.75) is 6.92 Å². The van der Waals surface area contributed by atoms with Gasteiger partial charge in [0.25, 0.3) is 0 Å². The van der Waals surface area contributed by atoms with Crippen molar-refractivity contribution < 1.29 is 14.3 Å². The van der Waals surface area contributed by atoms with Crippen molar-refractivity contribution in [2.75, 3.05) is 5.32 Å². The number of hydrogen-bond acceptors (Lipinski definition) is 4. The fraction of sp³-hybridized carbons (Fsp3) is 0.0909. The van der Waals surface area contributed by atoms with Crippen LogP contribution in [0, 0.1) is 12.7 Å². The second kappa shape index (κ2) is 4.91. The molecule has 0 radical (unpaired) electrons. The molecule has 0 bridgehead atoms. The number of carboxylic acid groups (broad SMARTS) is 1. The lowest BCUT2D eigenvalue weighted by Gasteiger charge is -2.05. The van der Waals surface area contributed by atoms with Gasteiger partial charge in [0.1, 0.15) is 10.8 Å². The first-order valence-corrected chi connectivity index (χ1v) is 6.09. The molecule has 0 atom stereocenters. The minimum Gasteiger partial charge on any atom is -0.476 e. The summed E-state index contributed by atoms with van der Waals surface area (Å²) < 4.78 is 13.1. The minimum atomic E-state index is -1.13. The molecule has 0 aliphatic rings. The SMILES string of the molecule is Cc1nc(C(=O)O)c(Nc2cc(F)cc(Cl)c2)s1. The predicted molar refractivity (Wildman–Crippen MR) is 68.5 cm³/mol. The minimum absolute atomic E-state index is 0.0853. The van der Waals surface area contributed by atoms with Gasteiger partial charge in [0.05, 0.1) is 5.01 Å². The summed E-state index contributed by atoms with van der Waals surface area (Å²) in [5.74, 6) is -1.63. The van der Waals surface area contributed by atoms with Gasteiger partial charge in [-0.05, 0) is 25.1 Å². The lowest BCUT2D eigenvalue weighted by atomic mass is 10.3. The standard InChI is InChI=1S/C11H8ClFN2O2S/c1-5-14-9(11(16)17)10(18-5)15-8-3-6(12)2-7(13)4-8/h2-4,15H,1H3,(H,16,17). The van der Waals surface area contributed by atoms with Crippen LogP contribution in [0.25, 0.3) is 0 Å². The number of carboxylic acids is 1. The molecule has 0 aliphatic heterocycles. The Labute approximate surface area is 111 Å². The summed E-state index contributed by atoms with van der Waals surface area (Å²) >= 11 is 6.90. The number of rotatable bonds is 3. The van der Waals surface area contributed by atoms with Gasteiger partial charge in [0, 0.05) is 10.7 Å². The summed E-state index contributed by atoms with van der Waals surface area (Å²) in [7, 11) is 0. The molecular formula is C11H8ClFN2O2S. The van der Waals surface area contributed by atoms with Crippen molar-refractivity contribution in [1.82, 2.24) is 4.98 Å². The Bertz CT molecular complexity index is 595. The van der Waals surface area contributed by atoms with Crippen LogP contribution in [0.4, 0.5) is 15.1 Å². The number of aromatic carboxylic acids is 1. The molecule has 0 unspecified atom stereocenters. The first-order chi connectivity index (χ1) is 8.45. The highest BCUT2D eigenvalue weighted by Crippen LogP contribution is 2.29. The van der Waals surface area contributed by atoms with Gasteiger partial charge in [0.2, 0.25) is 0 Å². The van der Waals surface area contributed by atoms with Gasteiger partial charge in [0.15, 0.2) is 5.69 Å². The molecule has 2 N–H and O–H groups in total. The number of thiazole rings is 1. The van der Waals surface area contributed by atoms with Crippen molar-refractivity contribution in [3.63, 3.8) is 0 Å². The molecule has 0 aliphatic carbocycles. The van der Waals surface area contributed by atoms with Crippen LogP contribution >= 0.6 is 22.9 Å². The summed E-state index contributed by atoms with van der Waals surface area (Å²) in [6.45, 7) is 1.70. The molecule has 4 nitrogen and oxygen atoms in total. The van der Waals surface area contributed by atoms with Crippen LogP contribution in [0.5, 0.6) is 0 Å². The molecular weight excluding hydrogens is 279 g/mol. The topological polar surface area (TPSA) is 62.2 Å². The van der Waals surface area contributed by atoms with Crippen molar-refractivity contribution in [1.29, 1.82) is 0 Å². The zero-order valence-corrected chi connectivity index (χ0v) is 10.8. The number of halogens is 2. The van der Waals surface area contributed by atoms with E-state index in [1.165, 1.54) is 29.5 Å². The molecule has 94 valence electrons. The molecule has 1 aromatic carbocycles. The smallest absolute Gasteiger partial charge is 0.357 e. The van der Waals surface area contributed by atoms with Crippen LogP contribution < -0.4 is 5.32 Å². The zero-order chi connectivity index (χ0) is 13.3. The fourth-order valence-electron chi connectivity index (χ4n) is 1.41. The predicted octanol–water partition coefficient (Wildman–Crippen LogP) is 3.69. The number of aromatic nitrogens is 1. The second-order valence-corrected chi connectivity index (χ2v) is 5.14. The third-order valence-electron chi connectivity index (χ3n) is 2.06. The van der Waals surface area contributed by atoms with Gasteiger partial charge in [-0.3, -0.25) is 0 Å². The molecule has 2 rings (SSSR count). The van der Waals surface area contributed by atoms with Crippen molar-refractivity contribution in [2.24, 2.45) is 0 Å². The number of benzene rings is 1. The Morgan fingerprint density at radius 1 is 1.50 bits per heavy atom. The number of hydrogen-bond donors (Lipinski definition) is 2. The van der Waals surface area contributed by atoms with Gasteiger partial charge >= 0.3 is 5.97 Å². The highest BCUT2D eigenvalue weighted by molar-refractivity contribution is 7.16. The molecule has 7 heteroatoms. The number of nitrogens with zero attached hydrogens (tertiary/aromatic N) is 1. The summed E-state index contributed by atoms with van der Waals surface area (Å²) in [6, 6.07) is 3.90. The molecule has 0 fully saturated rings. The van der Waals surface area contributed by atoms with E-state index in [-0.39, 0.29) is 10.7 Å². The molecule has 1 aromatic heterocycles. The molecule has 0 saturated carbocycles. The lowest BCUT2D eigenvalue weighted by molar-refractivity contribution is 0.0692. The van der Waals surface area contributed by atoms with Crippen LogP contribution in [0.3, 0.4) is 0 Å². The van der Waals surface area contributed by atoms with Gasteiger partial charge in [-0.25, -0.2) is 14.2 Å². The Hall–Kier alpha value is -1.66. The van der Waals surface area contributed by atoms with E-state index < -0.39 is 11.8 Å². The van der Waals surface area contributed by atoms with Crippen LogP contribution in [0.15, 0.2) is 18.2 Å². The summed E-state index contributed by atoms with van der Waals surface area (Å²) in [5, 5.41) is 13.0. The Morgan fingerprint density at radius 3 is 2.83 bits per heavy atom. The fourth-order valence-corrected chi connectivity index (χ4v) is 2.47. The van der Waals surface area contributed by atoms with Crippen LogP contribution in [-0.4, -0.2) is 16.1 Å². The number of carbonyl (C=O) groups is 1. The average Bonchev–Trinajstić information content (AvgIpc) is 2.57. The van der Waals surface area contributed by atoms with Crippen molar-refractivity contribution in [3.8, 4) is 0 Å². The lowest BCUT2D eigenvalue weighted by Crippen LogP contribution is -2.01. The molecule has 0 saturated heterocycles.